The number of thioether (sulfide) groups is 2. The molecule has 0 amide bonds. The number of rotatable bonds is 3. The number of carboxylic acid groups (broad SMARTS) is 2. The first kappa shape index (κ1) is 12.3. The Morgan fingerprint density at radius 1 is 0.941 bits per heavy atom. The SMILES string of the molecule is O=C(O)[C@H]1SC(c2ccccc2)S[C@H]1C(=O)O. The van der Waals surface area contributed by atoms with Crippen molar-refractivity contribution in [2.24, 2.45) is 0 Å². The summed E-state index contributed by atoms with van der Waals surface area (Å²) in [7, 11) is 0. The van der Waals surface area contributed by atoms with Crippen LogP contribution in [0, 0.1) is 0 Å². The average Bonchev–Trinajstić information content (AvgIpc) is 2.75. The van der Waals surface area contributed by atoms with Gasteiger partial charge in [-0.25, -0.2) is 0 Å². The summed E-state index contributed by atoms with van der Waals surface area (Å²) in [6.07, 6.45) is 0. The highest BCUT2D eigenvalue weighted by atomic mass is 32.2. The highest BCUT2D eigenvalue weighted by molar-refractivity contribution is 8.21. The fourth-order valence-electron chi connectivity index (χ4n) is 1.58. The molecule has 1 aliphatic heterocycles. The summed E-state index contributed by atoms with van der Waals surface area (Å²) in [6.45, 7) is 0. The molecule has 0 aromatic heterocycles. The summed E-state index contributed by atoms with van der Waals surface area (Å²) in [5.41, 5.74) is 0.956. The van der Waals surface area contributed by atoms with E-state index in [1.807, 2.05) is 30.3 Å². The van der Waals surface area contributed by atoms with Gasteiger partial charge in [-0.3, -0.25) is 9.59 Å². The molecule has 17 heavy (non-hydrogen) atoms. The summed E-state index contributed by atoms with van der Waals surface area (Å²) < 4.78 is -0.126. The maximum atomic E-state index is 11.0. The topological polar surface area (TPSA) is 74.6 Å². The Morgan fingerprint density at radius 2 is 1.41 bits per heavy atom. The molecule has 2 rings (SSSR count). The molecule has 1 heterocycles. The molecule has 1 unspecified atom stereocenters. The third kappa shape index (κ3) is 2.58. The van der Waals surface area contributed by atoms with E-state index in [4.69, 9.17) is 10.2 Å². The van der Waals surface area contributed by atoms with Gasteiger partial charge < -0.3 is 10.2 Å². The minimum absolute atomic E-state index is 0.126. The van der Waals surface area contributed by atoms with Gasteiger partial charge in [-0.2, -0.15) is 0 Å². The van der Waals surface area contributed by atoms with E-state index >= 15 is 0 Å². The van der Waals surface area contributed by atoms with E-state index in [9.17, 15) is 9.59 Å². The highest BCUT2D eigenvalue weighted by Crippen LogP contribution is 2.53. The van der Waals surface area contributed by atoms with Crippen LogP contribution >= 0.6 is 23.5 Å². The molecule has 0 radical (unpaired) electrons. The van der Waals surface area contributed by atoms with Gasteiger partial charge in [-0.15, -0.1) is 23.5 Å². The van der Waals surface area contributed by atoms with E-state index in [0.717, 1.165) is 5.56 Å². The summed E-state index contributed by atoms with van der Waals surface area (Å²) >= 11 is 2.38. The van der Waals surface area contributed by atoms with Crippen molar-refractivity contribution in [3.05, 3.63) is 35.9 Å². The van der Waals surface area contributed by atoms with Crippen LogP contribution in [-0.4, -0.2) is 32.7 Å². The number of aliphatic carboxylic acids is 2. The van der Waals surface area contributed by atoms with E-state index in [0.29, 0.717) is 0 Å². The van der Waals surface area contributed by atoms with Gasteiger partial charge in [-0.05, 0) is 5.56 Å². The molecule has 1 fully saturated rings. The van der Waals surface area contributed by atoms with Crippen LogP contribution in [0.15, 0.2) is 30.3 Å². The molecule has 4 nitrogen and oxygen atoms in total. The Hall–Kier alpha value is -1.14. The van der Waals surface area contributed by atoms with E-state index in [-0.39, 0.29) is 4.58 Å². The molecule has 0 aliphatic carbocycles. The van der Waals surface area contributed by atoms with Crippen molar-refractivity contribution in [2.75, 3.05) is 0 Å². The standard InChI is InChI=1S/C11H10O4S2/c12-9(13)7-8(10(14)15)17-11(16-7)6-4-2-1-3-5-6/h1-5,7-8,11H,(H,12,13)(H,14,15)/t7-,8+,11?. The molecular formula is C11H10O4S2. The molecule has 0 bridgehead atoms. The van der Waals surface area contributed by atoms with Gasteiger partial charge in [0.25, 0.3) is 0 Å². The molecule has 2 N–H and O–H groups in total. The Kier molecular flexibility index (Phi) is 3.63. The summed E-state index contributed by atoms with van der Waals surface area (Å²) in [5, 5.41) is 16.2. The third-order valence-electron chi connectivity index (χ3n) is 2.37. The predicted molar refractivity (Wildman–Crippen MR) is 67.2 cm³/mol. The second kappa shape index (κ2) is 5.01. The van der Waals surface area contributed by atoms with E-state index in [1.54, 1.807) is 0 Å². The highest BCUT2D eigenvalue weighted by Gasteiger charge is 2.45. The van der Waals surface area contributed by atoms with Gasteiger partial charge in [0.05, 0.1) is 4.58 Å². The van der Waals surface area contributed by atoms with Crippen molar-refractivity contribution in [3.8, 4) is 0 Å². The zero-order chi connectivity index (χ0) is 12.4. The lowest BCUT2D eigenvalue weighted by Crippen LogP contribution is -2.31. The lowest BCUT2D eigenvalue weighted by Gasteiger charge is -2.07. The van der Waals surface area contributed by atoms with Gasteiger partial charge in [0.1, 0.15) is 10.5 Å². The van der Waals surface area contributed by atoms with Gasteiger partial charge in [-0.1, -0.05) is 30.3 Å². The molecule has 3 atom stereocenters. The van der Waals surface area contributed by atoms with Crippen molar-refractivity contribution in [1.82, 2.24) is 0 Å². The molecule has 0 spiro atoms. The zero-order valence-corrected chi connectivity index (χ0v) is 10.3. The van der Waals surface area contributed by atoms with E-state index < -0.39 is 22.4 Å². The van der Waals surface area contributed by atoms with Crippen LogP contribution in [-0.2, 0) is 9.59 Å². The largest absolute Gasteiger partial charge is 0.480 e. The van der Waals surface area contributed by atoms with E-state index in [2.05, 4.69) is 0 Å². The third-order valence-corrected chi connectivity index (χ3v) is 5.79. The first-order valence-corrected chi connectivity index (χ1v) is 6.79. The maximum absolute atomic E-state index is 11.0. The van der Waals surface area contributed by atoms with Gasteiger partial charge >= 0.3 is 11.9 Å². The molecule has 1 aromatic rings. The molecule has 1 aromatic carbocycles. The maximum Gasteiger partial charge on any atom is 0.318 e. The Morgan fingerprint density at radius 3 is 1.82 bits per heavy atom. The van der Waals surface area contributed by atoms with Crippen molar-refractivity contribution >= 4 is 35.5 Å². The van der Waals surface area contributed by atoms with Crippen LogP contribution in [0.3, 0.4) is 0 Å². The zero-order valence-electron chi connectivity index (χ0n) is 8.65. The molecule has 1 aliphatic rings. The van der Waals surface area contributed by atoms with Crippen LogP contribution in [0.2, 0.25) is 0 Å². The molecule has 6 heteroatoms. The molecule has 90 valence electrons. The molecule has 1 saturated heterocycles. The number of hydrogen-bond donors (Lipinski definition) is 2. The number of hydrogen-bond acceptors (Lipinski definition) is 4. The lowest BCUT2D eigenvalue weighted by molar-refractivity contribution is -0.142. The predicted octanol–water partition coefficient (Wildman–Crippen LogP) is 2.07. The fourth-order valence-corrected chi connectivity index (χ4v) is 4.86. The van der Waals surface area contributed by atoms with Gasteiger partial charge in [0, 0.05) is 0 Å². The smallest absolute Gasteiger partial charge is 0.318 e. The van der Waals surface area contributed by atoms with Crippen molar-refractivity contribution in [1.29, 1.82) is 0 Å². The van der Waals surface area contributed by atoms with Crippen LogP contribution < -0.4 is 0 Å². The average molecular weight is 270 g/mol. The van der Waals surface area contributed by atoms with E-state index in [1.165, 1.54) is 23.5 Å². The Balaban J connectivity index is 2.20. The molecular weight excluding hydrogens is 260 g/mol. The van der Waals surface area contributed by atoms with Crippen LogP contribution in [0.1, 0.15) is 10.1 Å². The lowest BCUT2D eigenvalue weighted by atomic mass is 10.2. The minimum atomic E-state index is -1.06. The second-order valence-corrected chi connectivity index (χ2v) is 6.33. The van der Waals surface area contributed by atoms with Gasteiger partial charge in [0.15, 0.2) is 0 Å². The first-order chi connectivity index (χ1) is 8.09. The van der Waals surface area contributed by atoms with Crippen LogP contribution in [0.4, 0.5) is 0 Å². The fraction of sp³-hybridized carbons (Fsp3) is 0.273. The van der Waals surface area contributed by atoms with Crippen molar-refractivity contribution in [3.63, 3.8) is 0 Å². The summed E-state index contributed by atoms with van der Waals surface area (Å²) in [4.78, 5) is 22.0. The second-order valence-electron chi connectivity index (χ2n) is 3.53. The monoisotopic (exact) mass is 270 g/mol. The number of benzene rings is 1. The Labute approximate surface area is 106 Å². The summed E-state index contributed by atoms with van der Waals surface area (Å²) in [5.74, 6) is -2.12. The number of carboxylic acids is 2. The van der Waals surface area contributed by atoms with Crippen molar-refractivity contribution < 1.29 is 19.8 Å². The van der Waals surface area contributed by atoms with Gasteiger partial charge in [0.2, 0.25) is 0 Å². The quantitative estimate of drug-likeness (QED) is 0.876. The first-order valence-electron chi connectivity index (χ1n) is 4.91. The van der Waals surface area contributed by atoms with Crippen LogP contribution in [0.25, 0.3) is 0 Å². The minimum Gasteiger partial charge on any atom is -0.480 e. The Bertz CT molecular complexity index is 412. The number of carbonyl (C=O) groups is 2. The van der Waals surface area contributed by atoms with Crippen LogP contribution in [0.5, 0.6) is 0 Å². The molecule has 0 saturated carbocycles. The normalized spacial score (nSPS) is 27.9. The summed E-state index contributed by atoms with van der Waals surface area (Å²) in [6, 6.07) is 9.36. The van der Waals surface area contributed by atoms with Crippen molar-refractivity contribution in [2.45, 2.75) is 15.1 Å².